The Morgan fingerprint density at radius 3 is 3.05 bits per heavy atom. The normalized spacial score (nSPS) is 26.7. The number of carbonyl (C=O) groups is 1. The number of hydrogen-bond acceptors (Lipinski definition) is 6. The Morgan fingerprint density at radius 2 is 2.35 bits per heavy atom. The van der Waals surface area contributed by atoms with E-state index < -0.39 is 0 Å². The predicted molar refractivity (Wildman–Crippen MR) is 73.5 cm³/mol. The van der Waals surface area contributed by atoms with E-state index in [9.17, 15) is 4.79 Å². The van der Waals surface area contributed by atoms with Crippen LogP contribution in [0.15, 0.2) is 10.6 Å². The smallest absolute Gasteiger partial charge is 0.319 e. The molecule has 0 amide bonds. The highest BCUT2D eigenvalue weighted by Gasteiger charge is 2.32. The molecule has 1 saturated carbocycles. The quantitative estimate of drug-likeness (QED) is 0.823. The van der Waals surface area contributed by atoms with Crippen molar-refractivity contribution in [3.05, 3.63) is 11.8 Å². The first-order chi connectivity index (χ1) is 9.65. The van der Waals surface area contributed by atoms with Crippen molar-refractivity contribution in [1.82, 2.24) is 10.1 Å². The Labute approximate surface area is 118 Å². The van der Waals surface area contributed by atoms with Crippen LogP contribution in [0.25, 0.3) is 0 Å². The van der Waals surface area contributed by atoms with E-state index in [1.165, 1.54) is 20.0 Å². The van der Waals surface area contributed by atoms with Crippen molar-refractivity contribution in [3.8, 4) is 0 Å². The number of esters is 1. The van der Waals surface area contributed by atoms with Crippen LogP contribution in [0, 0.1) is 5.92 Å². The largest absolute Gasteiger partial charge is 0.468 e. The van der Waals surface area contributed by atoms with E-state index in [0.29, 0.717) is 18.4 Å². The average Bonchev–Trinajstić information content (AvgIpc) is 3.09. The molecule has 6 heteroatoms. The molecular weight excluding hydrogens is 258 g/mol. The molecule has 0 aromatic carbocycles. The fourth-order valence-corrected chi connectivity index (χ4v) is 2.74. The van der Waals surface area contributed by atoms with Crippen LogP contribution in [0.5, 0.6) is 0 Å². The van der Waals surface area contributed by atoms with Gasteiger partial charge >= 0.3 is 5.97 Å². The standard InChI is InChI=1S/C14H21N3O3/c1-9-6-17(8-14(18)19-2)7-11(9)15-13-5-12(20-16-13)10-3-4-10/h5,9-11H,3-4,6-8H2,1-2H3,(H,15,16)/t9-,11-/m0/s1. The minimum atomic E-state index is -0.185. The summed E-state index contributed by atoms with van der Waals surface area (Å²) in [5.41, 5.74) is 0. The molecule has 2 heterocycles. The minimum absolute atomic E-state index is 0.185. The highest BCUT2D eigenvalue weighted by atomic mass is 16.5. The molecule has 1 saturated heterocycles. The van der Waals surface area contributed by atoms with Gasteiger partial charge < -0.3 is 14.6 Å². The summed E-state index contributed by atoms with van der Waals surface area (Å²) < 4.78 is 10.1. The highest BCUT2D eigenvalue weighted by Crippen LogP contribution is 2.40. The Hall–Kier alpha value is -1.56. The molecule has 1 aromatic rings. The van der Waals surface area contributed by atoms with Crippen LogP contribution >= 0.6 is 0 Å². The molecule has 2 fully saturated rings. The molecule has 6 nitrogen and oxygen atoms in total. The molecule has 3 rings (SSSR count). The number of ether oxygens (including phenoxy) is 1. The Morgan fingerprint density at radius 1 is 1.55 bits per heavy atom. The fraction of sp³-hybridized carbons (Fsp3) is 0.714. The van der Waals surface area contributed by atoms with Crippen LogP contribution in [0.2, 0.25) is 0 Å². The van der Waals surface area contributed by atoms with Crippen molar-refractivity contribution in [2.45, 2.75) is 31.7 Å². The number of rotatable bonds is 5. The zero-order valence-electron chi connectivity index (χ0n) is 12.0. The summed E-state index contributed by atoms with van der Waals surface area (Å²) in [5.74, 6) is 2.65. The lowest BCUT2D eigenvalue weighted by atomic mass is 10.1. The molecular formula is C14H21N3O3. The van der Waals surface area contributed by atoms with Crippen molar-refractivity contribution in [3.63, 3.8) is 0 Å². The number of anilines is 1. The van der Waals surface area contributed by atoms with Crippen LogP contribution in [0.1, 0.15) is 31.4 Å². The topological polar surface area (TPSA) is 67.6 Å². The number of nitrogens with one attached hydrogen (secondary N) is 1. The van der Waals surface area contributed by atoms with E-state index in [-0.39, 0.29) is 12.0 Å². The average molecular weight is 279 g/mol. The van der Waals surface area contributed by atoms with Gasteiger partial charge in [0.05, 0.1) is 13.7 Å². The van der Waals surface area contributed by atoms with Gasteiger partial charge in [-0.15, -0.1) is 0 Å². The van der Waals surface area contributed by atoms with Gasteiger partial charge in [-0.05, 0) is 18.8 Å². The number of nitrogens with zero attached hydrogens (tertiary/aromatic N) is 2. The summed E-state index contributed by atoms with van der Waals surface area (Å²) in [6.07, 6.45) is 2.42. The summed E-state index contributed by atoms with van der Waals surface area (Å²) >= 11 is 0. The number of likely N-dealkylation sites (tertiary alicyclic amines) is 1. The van der Waals surface area contributed by atoms with Crippen LogP contribution < -0.4 is 5.32 Å². The van der Waals surface area contributed by atoms with Crippen molar-refractivity contribution in [1.29, 1.82) is 0 Å². The zero-order valence-corrected chi connectivity index (χ0v) is 12.0. The van der Waals surface area contributed by atoms with Crippen molar-refractivity contribution in [2.24, 2.45) is 5.92 Å². The molecule has 2 atom stereocenters. The summed E-state index contributed by atoms with van der Waals surface area (Å²) in [7, 11) is 1.42. The predicted octanol–water partition coefficient (Wildman–Crippen LogP) is 1.46. The van der Waals surface area contributed by atoms with Gasteiger partial charge in [0.1, 0.15) is 5.76 Å². The third-order valence-electron chi connectivity index (χ3n) is 4.11. The highest BCUT2D eigenvalue weighted by molar-refractivity contribution is 5.71. The molecule has 0 bridgehead atoms. The van der Waals surface area contributed by atoms with Gasteiger partial charge in [-0.25, -0.2) is 0 Å². The lowest BCUT2D eigenvalue weighted by molar-refractivity contribution is -0.141. The third kappa shape index (κ3) is 2.95. The second kappa shape index (κ2) is 5.44. The lowest BCUT2D eigenvalue weighted by Gasteiger charge is -2.15. The first-order valence-electron chi connectivity index (χ1n) is 7.18. The van der Waals surface area contributed by atoms with Crippen molar-refractivity contribution in [2.75, 3.05) is 32.1 Å². The van der Waals surface area contributed by atoms with Crippen LogP contribution in [-0.4, -0.2) is 48.8 Å². The molecule has 0 radical (unpaired) electrons. The van der Waals surface area contributed by atoms with Gasteiger partial charge in [-0.3, -0.25) is 9.69 Å². The van der Waals surface area contributed by atoms with Gasteiger partial charge in [0, 0.05) is 31.1 Å². The Kier molecular flexibility index (Phi) is 3.65. The Bertz CT molecular complexity index is 484. The number of hydrogen-bond donors (Lipinski definition) is 1. The Balaban J connectivity index is 1.55. The molecule has 1 aliphatic carbocycles. The molecule has 110 valence electrons. The van der Waals surface area contributed by atoms with Gasteiger partial charge in [0.2, 0.25) is 0 Å². The van der Waals surface area contributed by atoms with E-state index in [0.717, 1.165) is 24.7 Å². The van der Waals surface area contributed by atoms with E-state index in [1.807, 2.05) is 6.07 Å². The summed E-state index contributed by atoms with van der Waals surface area (Å²) in [5, 5.41) is 7.50. The maximum absolute atomic E-state index is 11.3. The summed E-state index contributed by atoms with van der Waals surface area (Å²) in [6, 6.07) is 2.30. The number of aromatic nitrogens is 1. The zero-order chi connectivity index (χ0) is 14.1. The number of carbonyl (C=O) groups excluding carboxylic acids is 1. The van der Waals surface area contributed by atoms with E-state index in [4.69, 9.17) is 9.26 Å². The first kappa shape index (κ1) is 13.4. The lowest BCUT2D eigenvalue weighted by Crippen LogP contribution is -2.31. The molecule has 0 spiro atoms. The molecule has 1 N–H and O–H groups in total. The molecule has 0 unspecified atom stereocenters. The number of methoxy groups -OCH3 is 1. The summed E-state index contributed by atoms with van der Waals surface area (Å²) in [6.45, 7) is 4.24. The van der Waals surface area contributed by atoms with Crippen LogP contribution in [-0.2, 0) is 9.53 Å². The SMILES string of the molecule is COC(=O)CN1C[C@H](Nc2cc(C3CC3)on2)[C@@H](C)C1. The summed E-state index contributed by atoms with van der Waals surface area (Å²) in [4.78, 5) is 13.4. The van der Waals surface area contributed by atoms with Crippen molar-refractivity contribution >= 4 is 11.8 Å². The van der Waals surface area contributed by atoms with Gasteiger partial charge in [0.15, 0.2) is 5.82 Å². The maximum Gasteiger partial charge on any atom is 0.319 e. The monoisotopic (exact) mass is 279 g/mol. The van der Waals surface area contributed by atoms with E-state index in [2.05, 4.69) is 22.3 Å². The van der Waals surface area contributed by atoms with Gasteiger partial charge in [-0.2, -0.15) is 0 Å². The second-order valence-corrected chi connectivity index (χ2v) is 5.89. The molecule has 2 aliphatic rings. The van der Waals surface area contributed by atoms with Gasteiger partial charge in [0.25, 0.3) is 0 Å². The van der Waals surface area contributed by atoms with Gasteiger partial charge in [-0.1, -0.05) is 12.1 Å². The molecule has 1 aromatic heterocycles. The first-order valence-corrected chi connectivity index (χ1v) is 7.18. The van der Waals surface area contributed by atoms with E-state index >= 15 is 0 Å². The second-order valence-electron chi connectivity index (χ2n) is 5.89. The third-order valence-corrected chi connectivity index (χ3v) is 4.11. The maximum atomic E-state index is 11.3. The van der Waals surface area contributed by atoms with Crippen LogP contribution in [0.4, 0.5) is 5.82 Å². The van der Waals surface area contributed by atoms with Crippen molar-refractivity contribution < 1.29 is 14.1 Å². The van der Waals surface area contributed by atoms with Crippen LogP contribution in [0.3, 0.4) is 0 Å². The van der Waals surface area contributed by atoms with E-state index in [1.54, 1.807) is 0 Å². The fourth-order valence-electron chi connectivity index (χ4n) is 2.74. The molecule has 20 heavy (non-hydrogen) atoms. The molecule has 1 aliphatic heterocycles. The minimum Gasteiger partial charge on any atom is -0.468 e.